The number of methoxy groups -OCH3 is 1. The van der Waals surface area contributed by atoms with Gasteiger partial charge in [-0.15, -0.1) is 0 Å². The topological polar surface area (TPSA) is 102 Å². The lowest BCUT2D eigenvalue weighted by Gasteiger charge is -2.27. The van der Waals surface area contributed by atoms with E-state index in [4.69, 9.17) is 4.74 Å². The van der Waals surface area contributed by atoms with E-state index >= 15 is 0 Å². The summed E-state index contributed by atoms with van der Waals surface area (Å²) in [6.07, 6.45) is -5.69. The maximum atomic E-state index is 13.0. The van der Waals surface area contributed by atoms with E-state index in [0.717, 1.165) is 34.3 Å². The van der Waals surface area contributed by atoms with Crippen molar-refractivity contribution in [2.24, 2.45) is 0 Å². The number of hydrogen-bond acceptors (Lipinski definition) is 6. The van der Waals surface area contributed by atoms with Crippen molar-refractivity contribution in [2.45, 2.75) is 37.0 Å². The first-order valence-electron chi connectivity index (χ1n) is 11.2. The highest BCUT2D eigenvalue weighted by molar-refractivity contribution is 6.09. The fourth-order valence-corrected chi connectivity index (χ4v) is 4.73. The summed E-state index contributed by atoms with van der Waals surface area (Å²) in [5.41, 5.74) is 4.04. The number of rotatable bonds is 6. The van der Waals surface area contributed by atoms with Crippen molar-refractivity contribution in [3.8, 4) is 11.1 Å². The van der Waals surface area contributed by atoms with Crippen molar-refractivity contribution in [2.75, 3.05) is 20.3 Å². The lowest BCUT2D eigenvalue weighted by Crippen LogP contribution is -2.56. The van der Waals surface area contributed by atoms with Gasteiger partial charge >= 0.3 is 24.1 Å². The summed E-state index contributed by atoms with van der Waals surface area (Å²) in [6, 6.07) is 12.0. The van der Waals surface area contributed by atoms with E-state index in [2.05, 4.69) is 4.74 Å². The molecule has 36 heavy (non-hydrogen) atoms. The highest BCUT2D eigenvalue weighted by atomic mass is 19.4. The van der Waals surface area contributed by atoms with E-state index < -0.39 is 42.0 Å². The number of ether oxygens (including phenoxy) is 2. The minimum atomic E-state index is -5.31. The third-order valence-corrected chi connectivity index (χ3v) is 6.41. The van der Waals surface area contributed by atoms with Crippen LogP contribution in [0.25, 0.3) is 11.1 Å². The van der Waals surface area contributed by atoms with Gasteiger partial charge in [0.15, 0.2) is 11.8 Å². The molecule has 0 radical (unpaired) electrons. The number of likely N-dealkylation sites (tertiary alicyclic amines) is 1. The maximum absolute atomic E-state index is 13.0. The molecule has 2 atom stereocenters. The van der Waals surface area contributed by atoms with Gasteiger partial charge in [0.2, 0.25) is 0 Å². The number of ketones is 1. The molecule has 1 saturated heterocycles. The molecular weight excluding hydrogens is 481 g/mol. The summed E-state index contributed by atoms with van der Waals surface area (Å²) in [4.78, 5) is 50.4. The zero-order valence-electron chi connectivity index (χ0n) is 19.2. The molecule has 0 aromatic heterocycles. The first-order valence-corrected chi connectivity index (χ1v) is 11.2. The van der Waals surface area contributed by atoms with Gasteiger partial charge in [-0.2, -0.15) is 13.2 Å². The van der Waals surface area contributed by atoms with Crippen LogP contribution in [0.5, 0.6) is 0 Å². The van der Waals surface area contributed by atoms with Crippen LogP contribution in [0, 0.1) is 0 Å². The first kappa shape index (κ1) is 25.2. The Morgan fingerprint density at radius 2 is 1.61 bits per heavy atom. The summed E-state index contributed by atoms with van der Waals surface area (Å²) < 4.78 is 48.1. The number of carbonyl (C=O) groups excluding carboxylic acids is 4. The Balaban J connectivity index is 1.48. The molecule has 2 aromatic rings. The summed E-state index contributed by atoms with van der Waals surface area (Å²) in [7, 11) is 0.875. The predicted molar refractivity (Wildman–Crippen MR) is 120 cm³/mol. The van der Waals surface area contributed by atoms with Crippen LogP contribution < -0.4 is 5.32 Å². The lowest BCUT2D eigenvalue weighted by molar-refractivity contribution is -0.176. The van der Waals surface area contributed by atoms with E-state index in [1.54, 1.807) is 0 Å². The van der Waals surface area contributed by atoms with Crippen LogP contribution >= 0.6 is 0 Å². The van der Waals surface area contributed by atoms with E-state index in [1.165, 1.54) is 5.32 Å². The molecule has 2 aromatic carbocycles. The van der Waals surface area contributed by atoms with Crippen LogP contribution in [0.15, 0.2) is 48.5 Å². The predicted octanol–water partition coefficient (Wildman–Crippen LogP) is 3.19. The Labute approximate surface area is 204 Å². The van der Waals surface area contributed by atoms with Gasteiger partial charge in [-0.1, -0.05) is 48.5 Å². The molecule has 8 nitrogen and oxygen atoms in total. The van der Waals surface area contributed by atoms with Crippen molar-refractivity contribution >= 4 is 23.8 Å². The van der Waals surface area contributed by atoms with Gasteiger partial charge in [0.25, 0.3) is 0 Å². The number of nitrogens with one attached hydrogen (secondary N) is 1. The second kappa shape index (κ2) is 10.00. The summed E-state index contributed by atoms with van der Waals surface area (Å²) >= 11 is 0. The van der Waals surface area contributed by atoms with Gasteiger partial charge in [-0.3, -0.25) is 14.5 Å². The Morgan fingerprint density at radius 3 is 2.17 bits per heavy atom. The number of alkyl halides is 3. The molecule has 1 heterocycles. The molecule has 2 amide bonds. The molecule has 1 aliphatic carbocycles. The Bertz CT molecular complexity index is 1150. The van der Waals surface area contributed by atoms with Crippen molar-refractivity contribution in [3.05, 3.63) is 59.7 Å². The molecule has 190 valence electrons. The monoisotopic (exact) mass is 504 g/mol. The number of carbonyl (C=O) groups is 4. The minimum Gasteiger partial charge on any atom is -0.467 e. The van der Waals surface area contributed by atoms with Crippen molar-refractivity contribution < 1.29 is 41.8 Å². The van der Waals surface area contributed by atoms with Crippen molar-refractivity contribution in [3.63, 3.8) is 0 Å². The van der Waals surface area contributed by atoms with Crippen molar-refractivity contribution in [1.82, 2.24) is 10.2 Å². The van der Waals surface area contributed by atoms with Gasteiger partial charge in [-0.05, 0) is 35.1 Å². The largest absolute Gasteiger partial charge is 0.471 e. The van der Waals surface area contributed by atoms with Gasteiger partial charge < -0.3 is 14.8 Å². The number of esters is 1. The number of fused-ring (bicyclic) bond motifs is 3. The Morgan fingerprint density at radius 1 is 1.03 bits per heavy atom. The van der Waals surface area contributed by atoms with Gasteiger partial charge in [0, 0.05) is 12.5 Å². The lowest BCUT2D eigenvalue weighted by atomic mass is 9.98. The molecule has 11 heteroatoms. The summed E-state index contributed by atoms with van der Waals surface area (Å²) in [6.45, 7) is 0.0870. The minimum absolute atomic E-state index is 0.0183. The number of Topliss-reactive ketones (excluding diaryl/α,β-unsaturated/α-hetero) is 1. The highest BCUT2D eigenvalue weighted by Crippen LogP contribution is 2.44. The molecule has 0 saturated carbocycles. The number of halogens is 3. The molecular formula is C25H23F3N2O6. The summed E-state index contributed by atoms with van der Waals surface area (Å²) in [5.74, 6) is -5.13. The Hall–Kier alpha value is -3.89. The summed E-state index contributed by atoms with van der Waals surface area (Å²) in [5, 5.41) is 1.38. The third kappa shape index (κ3) is 4.77. The van der Waals surface area contributed by atoms with E-state index in [1.807, 2.05) is 48.5 Å². The van der Waals surface area contributed by atoms with E-state index in [9.17, 15) is 32.3 Å². The molecule has 2 aliphatic rings. The van der Waals surface area contributed by atoms with Gasteiger partial charge in [0.1, 0.15) is 6.61 Å². The van der Waals surface area contributed by atoms with E-state index in [-0.39, 0.29) is 25.5 Å². The fraction of sp³-hybridized carbons (Fsp3) is 0.360. The van der Waals surface area contributed by atoms with Crippen LogP contribution in [0.2, 0.25) is 0 Å². The van der Waals surface area contributed by atoms with Crippen LogP contribution in [-0.4, -0.2) is 67.2 Å². The molecule has 1 N–H and O–H groups in total. The number of nitrogens with zero attached hydrogens (tertiary/aromatic N) is 1. The first-order chi connectivity index (χ1) is 17.1. The number of benzene rings is 2. The van der Waals surface area contributed by atoms with Crippen LogP contribution in [-0.2, 0) is 23.9 Å². The average Bonchev–Trinajstić information content (AvgIpc) is 3.48. The number of amides is 2. The van der Waals surface area contributed by atoms with Gasteiger partial charge in [-0.25, -0.2) is 9.59 Å². The Kier molecular flexibility index (Phi) is 7.00. The highest BCUT2D eigenvalue weighted by Gasteiger charge is 2.46. The third-order valence-electron chi connectivity index (χ3n) is 6.41. The zero-order chi connectivity index (χ0) is 26.0. The zero-order valence-corrected chi connectivity index (χ0v) is 19.2. The molecule has 0 spiro atoms. The van der Waals surface area contributed by atoms with Crippen LogP contribution in [0.1, 0.15) is 29.9 Å². The second-order valence-electron chi connectivity index (χ2n) is 8.49. The maximum Gasteiger partial charge on any atom is 0.471 e. The average molecular weight is 504 g/mol. The molecule has 1 fully saturated rings. The van der Waals surface area contributed by atoms with Crippen LogP contribution in [0.4, 0.5) is 18.0 Å². The molecule has 1 unspecified atom stereocenters. The molecule has 1 aliphatic heterocycles. The SMILES string of the molecule is COC(=O)C(NC(=O)C(F)(F)F)C(=O)[C@@H]1CCCN1C(=O)OCC1c2ccccc2-c2ccccc21. The standard InChI is InChI=1S/C25H23F3N2O6/c1-35-22(32)20(29-23(33)25(26,27)28)21(31)19-11-6-12-30(19)24(34)36-13-18-16-9-4-2-7-14(16)15-8-3-5-10-17(15)18/h2-5,7-10,18-20H,6,11-13H2,1H3,(H,29,33)/t19-,20?/m0/s1. The second-order valence-corrected chi connectivity index (χ2v) is 8.49. The fourth-order valence-electron chi connectivity index (χ4n) is 4.73. The normalized spacial score (nSPS) is 17.7. The van der Waals surface area contributed by atoms with Crippen molar-refractivity contribution in [1.29, 1.82) is 0 Å². The smallest absolute Gasteiger partial charge is 0.467 e. The van der Waals surface area contributed by atoms with E-state index in [0.29, 0.717) is 6.42 Å². The molecule has 0 bridgehead atoms. The van der Waals surface area contributed by atoms with Gasteiger partial charge in [0.05, 0.1) is 13.2 Å². The molecule has 4 rings (SSSR count). The van der Waals surface area contributed by atoms with Crippen LogP contribution in [0.3, 0.4) is 0 Å². The quantitative estimate of drug-likeness (QED) is 0.479. The number of hydrogen-bond donors (Lipinski definition) is 1.